The van der Waals surface area contributed by atoms with Crippen LogP contribution in [0.15, 0.2) is 24.3 Å². The average molecular weight is 326 g/mol. The first-order valence-corrected chi connectivity index (χ1v) is 7.69. The van der Waals surface area contributed by atoms with E-state index in [1.54, 1.807) is 0 Å². The molecule has 1 unspecified atom stereocenters. The Balaban J connectivity index is 0.00000242. The highest BCUT2D eigenvalue weighted by Gasteiger charge is 2.31. The van der Waals surface area contributed by atoms with Crippen LogP contribution in [0.5, 0.6) is 0 Å². The lowest BCUT2D eigenvalue weighted by atomic mass is 9.77. The number of amides is 1. The van der Waals surface area contributed by atoms with Gasteiger partial charge in [0.15, 0.2) is 0 Å². The average Bonchev–Trinajstić information content (AvgIpc) is 2.45. The van der Waals surface area contributed by atoms with Crippen molar-refractivity contribution in [2.75, 3.05) is 32.1 Å². The monoisotopic (exact) mass is 325 g/mol. The quantitative estimate of drug-likeness (QED) is 0.894. The second-order valence-electron chi connectivity index (χ2n) is 6.75. The fourth-order valence-electron chi connectivity index (χ4n) is 2.84. The molecule has 2 rings (SSSR count). The summed E-state index contributed by atoms with van der Waals surface area (Å²) < 4.78 is 0. The van der Waals surface area contributed by atoms with Crippen molar-refractivity contribution in [2.24, 2.45) is 5.41 Å². The summed E-state index contributed by atoms with van der Waals surface area (Å²) in [6, 6.07) is 8.05. The number of benzene rings is 1. The van der Waals surface area contributed by atoms with E-state index in [2.05, 4.69) is 24.5 Å². The first-order valence-electron chi connectivity index (χ1n) is 7.69. The Morgan fingerprint density at radius 2 is 2.14 bits per heavy atom. The summed E-state index contributed by atoms with van der Waals surface area (Å²) in [5.41, 5.74) is 1.99. The lowest BCUT2D eigenvalue weighted by molar-refractivity contribution is 0.0929. The summed E-state index contributed by atoms with van der Waals surface area (Å²) in [6.07, 6.45) is 2.42. The molecule has 5 heteroatoms. The number of piperidine rings is 1. The summed E-state index contributed by atoms with van der Waals surface area (Å²) in [7, 11) is 3.96. The Labute approximate surface area is 140 Å². The van der Waals surface area contributed by atoms with Crippen LogP contribution in [0.3, 0.4) is 0 Å². The molecule has 1 atom stereocenters. The molecule has 1 saturated heterocycles. The first kappa shape index (κ1) is 18.8. The summed E-state index contributed by atoms with van der Waals surface area (Å²) in [4.78, 5) is 14.3. The zero-order valence-electron chi connectivity index (χ0n) is 14.0. The highest BCUT2D eigenvalue weighted by atomic mass is 35.5. The molecule has 0 radical (unpaired) electrons. The fraction of sp³-hybridized carbons (Fsp3) is 0.588. The number of rotatable bonds is 4. The van der Waals surface area contributed by atoms with E-state index in [0.717, 1.165) is 17.8 Å². The predicted octanol–water partition coefficient (Wildman–Crippen LogP) is 2.68. The molecule has 1 aliphatic heterocycles. The minimum atomic E-state index is 0. The van der Waals surface area contributed by atoms with Crippen molar-refractivity contribution < 1.29 is 4.79 Å². The van der Waals surface area contributed by atoms with Gasteiger partial charge in [-0.05, 0) is 43.0 Å². The third-order valence-electron chi connectivity index (χ3n) is 4.42. The van der Waals surface area contributed by atoms with Crippen LogP contribution < -0.4 is 15.5 Å². The molecule has 0 aromatic heterocycles. The number of anilines is 1. The van der Waals surface area contributed by atoms with Crippen LogP contribution in [-0.4, -0.2) is 39.1 Å². The van der Waals surface area contributed by atoms with Crippen molar-refractivity contribution >= 4 is 24.0 Å². The van der Waals surface area contributed by atoms with Gasteiger partial charge in [0.25, 0.3) is 5.91 Å². The van der Waals surface area contributed by atoms with Crippen LogP contribution in [0.25, 0.3) is 0 Å². The zero-order valence-corrected chi connectivity index (χ0v) is 14.8. The largest absolute Gasteiger partial charge is 0.378 e. The van der Waals surface area contributed by atoms with Gasteiger partial charge in [-0.3, -0.25) is 4.79 Å². The summed E-state index contributed by atoms with van der Waals surface area (Å²) in [5.74, 6) is 0.00173. The molecule has 4 nitrogen and oxygen atoms in total. The van der Waals surface area contributed by atoms with E-state index < -0.39 is 0 Å². The van der Waals surface area contributed by atoms with Gasteiger partial charge in [0.2, 0.25) is 0 Å². The van der Waals surface area contributed by atoms with Crippen LogP contribution in [0.1, 0.15) is 37.0 Å². The van der Waals surface area contributed by atoms with Gasteiger partial charge in [0.1, 0.15) is 0 Å². The van der Waals surface area contributed by atoms with Gasteiger partial charge < -0.3 is 15.5 Å². The Morgan fingerprint density at radius 3 is 2.77 bits per heavy atom. The number of hydrogen-bond acceptors (Lipinski definition) is 3. The molecule has 1 aromatic rings. The number of nitrogens with one attached hydrogen (secondary N) is 2. The molecular formula is C17H28ClN3O. The molecule has 1 heterocycles. The minimum Gasteiger partial charge on any atom is -0.378 e. The van der Waals surface area contributed by atoms with Gasteiger partial charge in [-0.2, -0.15) is 0 Å². The van der Waals surface area contributed by atoms with Crippen LogP contribution in [0.2, 0.25) is 0 Å². The summed E-state index contributed by atoms with van der Waals surface area (Å²) in [5, 5.41) is 6.59. The third-order valence-corrected chi connectivity index (χ3v) is 4.42. The van der Waals surface area contributed by atoms with Gasteiger partial charge in [-0.15, -0.1) is 12.4 Å². The lowest BCUT2D eigenvalue weighted by Crippen LogP contribution is -2.52. The SMILES string of the molecule is CN(C)c1cccc(C(=O)NCC2NCCCC2(C)C)c1.Cl. The van der Waals surface area contributed by atoms with Crippen molar-refractivity contribution in [3.8, 4) is 0 Å². The Morgan fingerprint density at radius 1 is 1.41 bits per heavy atom. The van der Waals surface area contributed by atoms with Gasteiger partial charge in [-0.1, -0.05) is 19.9 Å². The molecule has 1 aromatic carbocycles. The van der Waals surface area contributed by atoms with E-state index in [1.165, 1.54) is 12.8 Å². The first-order chi connectivity index (χ1) is 9.90. The van der Waals surface area contributed by atoms with Gasteiger partial charge in [0, 0.05) is 37.9 Å². The second-order valence-corrected chi connectivity index (χ2v) is 6.75. The van der Waals surface area contributed by atoms with E-state index in [1.807, 2.05) is 43.3 Å². The van der Waals surface area contributed by atoms with Crippen molar-refractivity contribution in [3.63, 3.8) is 0 Å². The lowest BCUT2D eigenvalue weighted by Gasteiger charge is -2.39. The molecule has 1 fully saturated rings. The smallest absolute Gasteiger partial charge is 0.251 e. The van der Waals surface area contributed by atoms with Crippen molar-refractivity contribution in [1.29, 1.82) is 0 Å². The topological polar surface area (TPSA) is 44.4 Å². The van der Waals surface area contributed by atoms with Crippen molar-refractivity contribution in [1.82, 2.24) is 10.6 Å². The number of halogens is 1. The molecule has 22 heavy (non-hydrogen) atoms. The molecule has 2 N–H and O–H groups in total. The highest BCUT2D eigenvalue weighted by Crippen LogP contribution is 2.29. The molecule has 0 bridgehead atoms. The van der Waals surface area contributed by atoms with Gasteiger partial charge in [-0.25, -0.2) is 0 Å². The zero-order chi connectivity index (χ0) is 15.5. The maximum Gasteiger partial charge on any atom is 0.251 e. The second kappa shape index (κ2) is 7.84. The molecular weight excluding hydrogens is 298 g/mol. The van der Waals surface area contributed by atoms with E-state index in [9.17, 15) is 4.79 Å². The van der Waals surface area contributed by atoms with Crippen LogP contribution in [-0.2, 0) is 0 Å². The van der Waals surface area contributed by atoms with Gasteiger partial charge >= 0.3 is 0 Å². The number of hydrogen-bond donors (Lipinski definition) is 2. The maximum atomic E-state index is 12.3. The van der Waals surface area contributed by atoms with Crippen LogP contribution in [0, 0.1) is 5.41 Å². The normalized spacial score (nSPS) is 19.9. The fourth-order valence-corrected chi connectivity index (χ4v) is 2.84. The van der Waals surface area contributed by atoms with E-state index in [0.29, 0.717) is 12.6 Å². The molecule has 1 aliphatic rings. The standard InChI is InChI=1S/C17H27N3O.ClH/c1-17(2)9-6-10-18-15(17)12-19-16(21)13-7-5-8-14(11-13)20(3)4;/h5,7-8,11,15,18H,6,9-10,12H2,1-4H3,(H,19,21);1H. The molecule has 1 amide bonds. The third kappa shape index (κ3) is 4.62. The van der Waals surface area contributed by atoms with Gasteiger partial charge in [0.05, 0.1) is 0 Å². The van der Waals surface area contributed by atoms with Crippen molar-refractivity contribution in [3.05, 3.63) is 29.8 Å². The number of nitrogens with zero attached hydrogens (tertiary/aromatic N) is 1. The van der Waals surface area contributed by atoms with Crippen molar-refractivity contribution in [2.45, 2.75) is 32.7 Å². The van der Waals surface area contributed by atoms with E-state index in [4.69, 9.17) is 0 Å². The molecule has 124 valence electrons. The minimum absolute atomic E-state index is 0. The molecule has 0 saturated carbocycles. The number of carbonyl (C=O) groups is 1. The van der Waals surface area contributed by atoms with E-state index >= 15 is 0 Å². The molecule has 0 spiro atoms. The Bertz CT molecular complexity index is 502. The summed E-state index contributed by atoms with van der Waals surface area (Å²) in [6.45, 7) is 6.25. The highest BCUT2D eigenvalue weighted by molar-refractivity contribution is 5.95. The number of carbonyl (C=O) groups excluding carboxylic acids is 1. The Hall–Kier alpha value is -1.26. The summed E-state index contributed by atoms with van der Waals surface area (Å²) >= 11 is 0. The molecule has 0 aliphatic carbocycles. The predicted molar refractivity (Wildman–Crippen MR) is 95.2 cm³/mol. The van der Waals surface area contributed by atoms with Crippen LogP contribution in [0.4, 0.5) is 5.69 Å². The van der Waals surface area contributed by atoms with Crippen LogP contribution >= 0.6 is 12.4 Å². The maximum absolute atomic E-state index is 12.3. The Kier molecular flexibility index (Phi) is 6.69. The van der Waals surface area contributed by atoms with E-state index in [-0.39, 0.29) is 23.7 Å².